The monoisotopic (exact) mass is 442 g/mol. The van der Waals surface area contributed by atoms with E-state index >= 15 is 0 Å². The summed E-state index contributed by atoms with van der Waals surface area (Å²) in [7, 11) is 1.83. The van der Waals surface area contributed by atoms with Crippen molar-refractivity contribution < 1.29 is 4.74 Å². The van der Waals surface area contributed by atoms with Gasteiger partial charge in [-0.3, -0.25) is 4.99 Å². The molecule has 0 bridgehead atoms. The van der Waals surface area contributed by atoms with E-state index in [2.05, 4.69) is 41.3 Å². The van der Waals surface area contributed by atoms with Crippen LogP contribution in [0.3, 0.4) is 0 Å². The van der Waals surface area contributed by atoms with Crippen molar-refractivity contribution in [2.24, 2.45) is 4.99 Å². The molecule has 0 rings (SSSR count). The Labute approximate surface area is 161 Å². The number of hydrogen-bond acceptors (Lipinski definition) is 3. The van der Waals surface area contributed by atoms with Gasteiger partial charge in [0.2, 0.25) is 0 Å². The number of nitrogens with one attached hydrogen (secondary N) is 2. The van der Waals surface area contributed by atoms with E-state index in [-0.39, 0.29) is 24.0 Å². The van der Waals surface area contributed by atoms with Gasteiger partial charge in [-0.25, -0.2) is 0 Å². The largest absolute Gasteiger partial charge is 0.382 e. The average molecular weight is 442 g/mol. The second kappa shape index (κ2) is 18.3. The van der Waals surface area contributed by atoms with Gasteiger partial charge in [-0.05, 0) is 59.2 Å². The van der Waals surface area contributed by atoms with E-state index in [1.165, 1.54) is 19.4 Å². The number of hydrogen-bond donors (Lipinski definition) is 2. The molecule has 2 N–H and O–H groups in total. The summed E-state index contributed by atoms with van der Waals surface area (Å²) in [6.07, 6.45) is 4.59. The molecule has 0 aromatic carbocycles. The maximum absolute atomic E-state index is 5.34. The van der Waals surface area contributed by atoms with Crippen molar-refractivity contribution >= 4 is 29.9 Å². The van der Waals surface area contributed by atoms with Crippen LogP contribution >= 0.6 is 24.0 Å². The topological polar surface area (TPSA) is 48.9 Å². The fraction of sp³-hybridized carbons (Fsp3) is 0.941. The molecule has 0 heterocycles. The van der Waals surface area contributed by atoms with Gasteiger partial charge in [-0.1, -0.05) is 13.8 Å². The summed E-state index contributed by atoms with van der Waals surface area (Å²) in [5.41, 5.74) is 0. The summed E-state index contributed by atoms with van der Waals surface area (Å²) < 4.78 is 5.34. The third-order valence-electron chi connectivity index (χ3n) is 3.82. The molecule has 0 aliphatic carbocycles. The Morgan fingerprint density at radius 2 is 1.83 bits per heavy atom. The molecule has 0 saturated carbocycles. The molecule has 0 fully saturated rings. The fourth-order valence-corrected chi connectivity index (χ4v) is 2.34. The van der Waals surface area contributed by atoms with Crippen molar-refractivity contribution in [3.8, 4) is 0 Å². The van der Waals surface area contributed by atoms with Crippen LogP contribution in [0.4, 0.5) is 0 Å². The zero-order valence-electron chi connectivity index (χ0n) is 15.9. The minimum atomic E-state index is 0. The van der Waals surface area contributed by atoms with Crippen molar-refractivity contribution in [3.63, 3.8) is 0 Å². The number of ether oxygens (including phenoxy) is 1. The van der Waals surface area contributed by atoms with Crippen LogP contribution in [0.1, 0.15) is 53.4 Å². The Kier molecular flexibility index (Phi) is 20.0. The number of halogens is 1. The van der Waals surface area contributed by atoms with E-state index in [4.69, 9.17) is 4.74 Å². The smallest absolute Gasteiger partial charge is 0.191 e. The number of unbranched alkanes of at least 4 members (excludes halogenated alkanes) is 1. The third kappa shape index (κ3) is 15.2. The van der Waals surface area contributed by atoms with Crippen LogP contribution in [0.2, 0.25) is 0 Å². The Hall–Kier alpha value is -0.0800. The highest BCUT2D eigenvalue weighted by Gasteiger charge is 2.06. The molecule has 6 heteroatoms. The van der Waals surface area contributed by atoms with Gasteiger partial charge in [-0.2, -0.15) is 0 Å². The van der Waals surface area contributed by atoms with Crippen LogP contribution in [0.25, 0.3) is 0 Å². The molecule has 0 saturated heterocycles. The molecule has 140 valence electrons. The molecule has 5 nitrogen and oxygen atoms in total. The van der Waals surface area contributed by atoms with Crippen LogP contribution in [0.5, 0.6) is 0 Å². The lowest BCUT2D eigenvalue weighted by Gasteiger charge is -2.21. The van der Waals surface area contributed by atoms with Crippen molar-refractivity contribution in [2.45, 2.75) is 59.4 Å². The molecule has 0 amide bonds. The van der Waals surface area contributed by atoms with Gasteiger partial charge in [0.25, 0.3) is 0 Å². The van der Waals surface area contributed by atoms with Crippen LogP contribution in [0, 0.1) is 0 Å². The van der Waals surface area contributed by atoms with Crippen molar-refractivity contribution in [1.82, 2.24) is 15.5 Å². The molecule has 1 atom stereocenters. The van der Waals surface area contributed by atoms with Gasteiger partial charge in [0.1, 0.15) is 0 Å². The van der Waals surface area contributed by atoms with E-state index in [9.17, 15) is 0 Å². The summed E-state index contributed by atoms with van der Waals surface area (Å²) >= 11 is 0. The summed E-state index contributed by atoms with van der Waals surface area (Å²) in [6.45, 7) is 14.8. The van der Waals surface area contributed by atoms with Crippen LogP contribution < -0.4 is 10.6 Å². The predicted octanol–water partition coefficient (Wildman–Crippen LogP) is 3.10. The maximum Gasteiger partial charge on any atom is 0.191 e. The highest BCUT2D eigenvalue weighted by molar-refractivity contribution is 14.0. The van der Waals surface area contributed by atoms with E-state index in [0.29, 0.717) is 6.04 Å². The molecule has 0 spiro atoms. The second-order valence-electron chi connectivity index (χ2n) is 5.62. The quantitative estimate of drug-likeness (QED) is 0.199. The molecule has 0 aliphatic heterocycles. The first-order chi connectivity index (χ1) is 10.7. The highest BCUT2D eigenvalue weighted by atomic mass is 127. The number of nitrogens with zero attached hydrogens (tertiary/aromatic N) is 2. The van der Waals surface area contributed by atoms with Gasteiger partial charge in [0.05, 0.1) is 0 Å². The zero-order valence-corrected chi connectivity index (χ0v) is 18.2. The Bertz CT molecular complexity index is 273. The van der Waals surface area contributed by atoms with E-state index in [1.54, 1.807) is 0 Å². The lowest BCUT2D eigenvalue weighted by atomic mass is 10.2. The Morgan fingerprint density at radius 1 is 1.13 bits per heavy atom. The minimum absolute atomic E-state index is 0. The molecule has 1 unspecified atom stereocenters. The van der Waals surface area contributed by atoms with Gasteiger partial charge >= 0.3 is 0 Å². The lowest BCUT2D eigenvalue weighted by molar-refractivity contribution is 0.143. The van der Waals surface area contributed by atoms with Gasteiger partial charge in [0, 0.05) is 32.8 Å². The van der Waals surface area contributed by atoms with Gasteiger partial charge in [-0.15, -0.1) is 24.0 Å². The first-order valence-electron chi connectivity index (χ1n) is 8.95. The molecule has 23 heavy (non-hydrogen) atoms. The fourth-order valence-electron chi connectivity index (χ4n) is 2.34. The second-order valence-corrected chi connectivity index (χ2v) is 5.62. The molecule has 0 aromatic heterocycles. The summed E-state index contributed by atoms with van der Waals surface area (Å²) in [5.74, 6) is 0.909. The first kappa shape index (κ1) is 25.2. The molecular weight excluding hydrogens is 403 g/mol. The molecule has 0 aromatic rings. The van der Waals surface area contributed by atoms with Crippen LogP contribution in [-0.4, -0.2) is 63.3 Å². The first-order valence-corrected chi connectivity index (χ1v) is 8.95. The summed E-state index contributed by atoms with van der Waals surface area (Å²) in [5, 5.41) is 6.84. The minimum Gasteiger partial charge on any atom is -0.382 e. The maximum atomic E-state index is 5.34. The number of guanidine groups is 1. The van der Waals surface area contributed by atoms with Crippen LogP contribution in [-0.2, 0) is 4.74 Å². The molecule has 0 radical (unpaired) electrons. The van der Waals surface area contributed by atoms with Gasteiger partial charge in [0.15, 0.2) is 5.96 Å². The molecule has 0 aliphatic rings. The summed E-state index contributed by atoms with van der Waals surface area (Å²) in [4.78, 5) is 6.76. The van der Waals surface area contributed by atoms with E-state index in [0.717, 1.165) is 51.6 Å². The number of rotatable bonds is 13. The predicted molar refractivity (Wildman–Crippen MR) is 112 cm³/mol. The third-order valence-corrected chi connectivity index (χ3v) is 3.82. The standard InChI is InChI=1S/C17H38N4O.HI/c1-6-21(7-2)14-11-12-16(4)20-17(18-5)19-13-9-10-15-22-8-3;/h16H,6-15H2,1-5H3,(H2,18,19,20);1H. The highest BCUT2D eigenvalue weighted by Crippen LogP contribution is 1.99. The van der Waals surface area contributed by atoms with E-state index in [1.807, 2.05) is 14.0 Å². The van der Waals surface area contributed by atoms with Crippen molar-refractivity contribution in [2.75, 3.05) is 46.4 Å². The SMILES string of the molecule is CCOCCCCNC(=NC)NC(C)CCCN(CC)CC.I. The van der Waals surface area contributed by atoms with Crippen molar-refractivity contribution in [3.05, 3.63) is 0 Å². The van der Waals surface area contributed by atoms with E-state index < -0.39 is 0 Å². The Morgan fingerprint density at radius 3 is 2.39 bits per heavy atom. The van der Waals surface area contributed by atoms with Crippen LogP contribution in [0.15, 0.2) is 4.99 Å². The lowest BCUT2D eigenvalue weighted by Crippen LogP contribution is -2.42. The summed E-state index contributed by atoms with van der Waals surface area (Å²) in [6, 6.07) is 0.449. The van der Waals surface area contributed by atoms with Gasteiger partial charge < -0.3 is 20.3 Å². The Balaban J connectivity index is 0. The number of aliphatic imine (C=N–C) groups is 1. The zero-order chi connectivity index (χ0) is 16.6. The normalized spacial score (nSPS) is 12.9. The average Bonchev–Trinajstić information content (AvgIpc) is 2.53. The molecular formula is C17H39IN4O. The van der Waals surface area contributed by atoms with Crippen molar-refractivity contribution in [1.29, 1.82) is 0 Å².